The second-order valence-electron chi connectivity index (χ2n) is 10.3. The van der Waals surface area contributed by atoms with Crippen LogP contribution in [0.25, 0.3) is 38.8 Å². The molecule has 0 saturated carbocycles. The molecule has 3 aromatic carbocycles. The summed E-state index contributed by atoms with van der Waals surface area (Å²) in [5.74, 6) is 2.11. The van der Waals surface area contributed by atoms with Gasteiger partial charge in [-0.2, -0.15) is 4.57 Å². The van der Waals surface area contributed by atoms with Gasteiger partial charge in [-0.15, -0.1) is 0 Å². The predicted octanol–water partition coefficient (Wildman–Crippen LogP) is 8.14. The van der Waals surface area contributed by atoms with Crippen LogP contribution in [0, 0.1) is 13.8 Å². The van der Waals surface area contributed by atoms with Crippen LogP contribution in [0.5, 0.6) is 0 Å². The van der Waals surface area contributed by atoms with Crippen LogP contribution >= 0.6 is 0 Å². The summed E-state index contributed by atoms with van der Waals surface area (Å²) in [5.41, 5.74) is 10.7. The largest absolute Gasteiger partial charge is 0.287 e. The Morgan fingerprint density at radius 2 is 1.41 bits per heavy atom. The lowest BCUT2D eigenvalue weighted by Gasteiger charge is -2.20. The Morgan fingerprint density at radius 1 is 0.735 bits per heavy atom. The molecule has 34 heavy (non-hydrogen) atoms. The summed E-state index contributed by atoms with van der Waals surface area (Å²) in [6.45, 7) is 13.7. The van der Waals surface area contributed by atoms with E-state index < -0.39 is 0 Å². The fourth-order valence-electron chi connectivity index (χ4n) is 5.38. The van der Waals surface area contributed by atoms with Gasteiger partial charge in [0.15, 0.2) is 0 Å². The smallest absolute Gasteiger partial charge is 0.237 e. The normalized spacial score (nSPS) is 11.9. The lowest BCUT2D eigenvalue weighted by atomic mass is 9.85. The van der Waals surface area contributed by atoms with Crippen molar-refractivity contribution in [3.8, 4) is 16.9 Å². The first-order chi connectivity index (χ1) is 16.3. The van der Waals surface area contributed by atoms with Crippen LogP contribution in [0.2, 0.25) is 0 Å². The third-order valence-electron chi connectivity index (χ3n) is 7.37. The number of hydrogen-bond acceptors (Lipinski definition) is 0. The van der Waals surface area contributed by atoms with Crippen molar-refractivity contribution in [3.63, 3.8) is 0 Å². The summed E-state index contributed by atoms with van der Waals surface area (Å²) in [6.07, 6.45) is 2.22. The predicted molar refractivity (Wildman–Crippen MR) is 145 cm³/mol. The van der Waals surface area contributed by atoms with E-state index in [2.05, 4.69) is 131 Å². The minimum atomic E-state index is 0.462. The van der Waals surface area contributed by atoms with Gasteiger partial charge in [0.25, 0.3) is 5.82 Å². The molecule has 0 spiro atoms. The summed E-state index contributed by atoms with van der Waals surface area (Å²) in [5, 5.41) is 2.62. The first-order valence-corrected chi connectivity index (χ1v) is 12.4. The Bertz CT molecular complexity index is 1510. The highest BCUT2D eigenvalue weighted by Gasteiger charge is 2.24. The van der Waals surface area contributed by atoms with Gasteiger partial charge in [0.2, 0.25) is 0 Å². The Kier molecular flexibility index (Phi) is 5.56. The average molecular weight is 448 g/mol. The van der Waals surface area contributed by atoms with Crippen molar-refractivity contribution in [2.24, 2.45) is 7.05 Å². The molecule has 2 heteroatoms. The molecule has 0 atom stereocenters. The zero-order valence-corrected chi connectivity index (χ0v) is 21.5. The summed E-state index contributed by atoms with van der Waals surface area (Å²) in [4.78, 5) is 0. The van der Waals surface area contributed by atoms with Crippen LogP contribution in [-0.2, 0) is 7.05 Å². The number of aromatic nitrogens is 2. The molecule has 0 radical (unpaired) electrons. The standard InChI is InChI=1S/C32H35N2/c1-20(2)25-12-10-13-26(21(3)4)31(25)24-17-18-33(7)30(19-24)34-29-14-9-8-11-27(29)28-16-15-22(5)23(6)32(28)34/h8-21H,1-7H3/q+1. The second kappa shape index (κ2) is 8.43. The number of pyridine rings is 1. The van der Waals surface area contributed by atoms with Crippen LogP contribution in [0.15, 0.2) is 72.9 Å². The van der Waals surface area contributed by atoms with Gasteiger partial charge in [0.05, 0.1) is 13.2 Å². The Hall–Kier alpha value is -3.39. The van der Waals surface area contributed by atoms with Crippen molar-refractivity contribution < 1.29 is 4.57 Å². The minimum absolute atomic E-state index is 0.462. The number of nitrogens with zero attached hydrogens (tertiary/aromatic N) is 2. The topological polar surface area (TPSA) is 8.81 Å². The number of fused-ring (bicyclic) bond motifs is 3. The van der Waals surface area contributed by atoms with Crippen molar-refractivity contribution in [2.75, 3.05) is 0 Å². The van der Waals surface area contributed by atoms with E-state index in [0.29, 0.717) is 11.8 Å². The molecule has 0 aliphatic carbocycles. The van der Waals surface area contributed by atoms with Gasteiger partial charge < -0.3 is 0 Å². The highest BCUT2D eigenvalue weighted by Crippen LogP contribution is 2.38. The van der Waals surface area contributed by atoms with Crippen molar-refractivity contribution >= 4 is 21.8 Å². The second-order valence-corrected chi connectivity index (χ2v) is 10.3. The maximum absolute atomic E-state index is 2.46. The van der Waals surface area contributed by atoms with Gasteiger partial charge in [-0.3, -0.25) is 0 Å². The SMILES string of the molecule is Cc1ccc2c3ccccc3n(-c3cc(-c4c(C(C)C)cccc4C(C)C)cc[n+]3C)c2c1C. The molecule has 2 aromatic heterocycles. The van der Waals surface area contributed by atoms with Crippen molar-refractivity contribution in [3.05, 3.63) is 95.2 Å². The van der Waals surface area contributed by atoms with E-state index in [0.717, 1.165) is 0 Å². The number of rotatable bonds is 4. The third-order valence-corrected chi connectivity index (χ3v) is 7.37. The Morgan fingerprint density at radius 3 is 2.09 bits per heavy atom. The molecule has 5 rings (SSSR count). The molecule has 0 fully saturated rings. The molecule has 0 saturated heterocycles. The van der Waals surface area contributed by atoms with Gasteiger partial charge in [-0.05, 0) is 83.3 Å². The molecule has 5 aromatic rings. The first kappa shape index (κ1) is 22.4. The lowest BCUT2D eigenvalue weighted by molar-refractivity contribution is -0.665. The summed E-state index contributed by atoms with van der Waals surface area (Å²) in [6, 6.07) is 24.8. The van der Waals surface area contributed by atoms with Crippen molar-refractivity contribution in [2.45, 2.75) is 53.4 Å². The fraction of sp³-hybridized carbons (Fsp3) is 0.281. The van der Waals surface area contributed by atoms with Gasteiger partial charge in [-0.25, -0.2) is 4.57 Å². The zero-order valence-electron chi connectivity index (χ0n) is 21.5. The van der Waals surface area contributed by atoms with Crippen LogP contribution in [-0.4, -0.2) is 4.57 Å². The summed E-state index contributed by atoms with van der Waals surface area (Å²) < 4.78 is 4.72. The van der Waals surface area contributed by atoms with Crippen LogP contribution in [0.3, 0.4) is 0 Å². The van der Waals surface area contributed by atoms with Crippen LogP contribution in [0.4, 0.5) is 0 Å². The molecular formula is C32H35N2+. The van der Waals surface area contributed by atoms with Gasteiger partial charge in [0, 0.05) is 16.8 Å². The van der Waals surface area contributed by atoms with E-state index in [9.17, 15) is 0 Å². The summed E-state index contributed by atoms with van der Waals surface area (Å²) in [7, 11) is 2.16. The number of aryl methyl sites for hydroxylation is 3. The van der Waals surface area contributed by atoms with Gasteiger partial charge in [0.1, 0.15) is 11.0 Å². The van der Waals surface area contributed by atoms with Crippen LogP contribution < -0.4 is 4.57 Å². The Balaban J connectivity index is 1.88. The molecule has 172 valence electrons. The van der Waals surface area contributed by atoms with E-state index in [-0.39, 0.29) is 0 Å². The molecular weight excluding hydrogens is 412 g/mol. The quantitative estimate of drug-likeness (QED) is 0.246. The van der Waals surface area contributed by atoms with E-state index in [1.165, 1.54) is 61.0 Å². The maximum atomic E-state index is 2.46. The molecule has 0 amide bonds. The lowest BCUT2D eigenvalue weighted by Crippen LogP contribution is -2.33. The van der Waals surface area contributed by atoms with Crippen LogP contribution in [0.1, 0.15) is 61.8 Å². The molecule has 0 N–H and O–H groups in total. The fourth-order valence-corrected chi connectivity index (χ4v) is 5.38. The number of para-hydroxylation sites is 1. The number of hydrogen-bond donors (Lipinski definition) is 0. The van der Waals surface area contributed by atoms with E-state index in [1.807, 2.05) is 0 Å². The molecule has 0 bridgehead atoms. The molecule has 0 aliphatic heterocycles. The van der Waals surface area contributed by atoms with Crippen molar-refractivity contribution in [1.82, 2.24) is 4.57 Å². The Labute approximate surface area is 203 Å². The van der Waals surface area contributed by atoms with Crippen molar-refractivity contribution in [1.29, 1.82) is 0 Å². The van der Waals surface area contributed by atoms with Gasteiger partial charge in [-0.1, -0.05) is 64.1 Å². The molecule has 0 aliphatic rings. The minimum Gasteiger partial charge on any atom is -0.237 e. The molecule has 2 heterocycles. The van der Waals surface area contributed by atoms with E-state index in [4.69, 9.17) is 0 Å². The highest BCUT2D eigenvalue weighted by atomic mass is 15.1. The third kappa shape index (κ3) is 3.44. The van der Waals surface area contributed by atoms with E-state index >= 15 is 0 Å². The zero-order chi connectivity index (χ0) is 24.1. The molecule has 0 unspecified atom stereocenters. The monoisotopic (exact) mass is 447 g/mol. The van der Waals surface area contributed by atoms with E-state index in [1.54, 1.807) is 0 Å². The maximum Gasteiger partial charge on any atom is 0.287 e. The average Bonchev–Trinajstić information content (AvgIpc) is 3.16. The summed E-state index contributed by atoms with van der Waals surface area (Å²) >= 11 is 0. The molecule has 2 nitrogen and oxygen atoms in total. The first-order valence-electron chi connectivity index (χ1n) is 12.4. The van der Waals surface area contributed by atoms with Gasteiger partial charge >= 0.3 is 0 Å². The highest BCUT2D eigenvalue weighted by molar-refractivity contribution is 6.10. The number of benzene rings is 3.